The van der Waals surface area contributed by atoms with Crippen molar-refractivity contribution < 1.29 is 9.59 Å². The van der Waals surface area contributed by atoms with Crippen LogP contribution < -0.4 is 0 Å². The Morgan fingerprint density at radius 1 is 0.833 bits per heavy atom. The van der Waals surface area contributed by atoms with E-state index in [1.165, 1.54) is 6.42 Å². The first-order valence-corrected chi connectivity index (χ1v) is 11.5. The maximum absolute atomic E-state index is 13.6. The summed E-state index contributed by atoms with van der Waals surface area (Å²) in [6.45, 7) is 1.56. The predicted octanol–water partition coefficient (Wildman–Crippen LogP) is 4.13. The number of likely N-dealkylation sites (tertiary alicyclic amines) is 2. The number of hydrogen-bond acceptors (Lipinski definition) is 2. The van der Waals surface area contributed by atoms with E-state index in [-0.39, 0.29) is 23.9 Å². The Labute approximate surface area is 178 Å². The molecule has 3 heterocycles. The molecule has 3 aliphatic rings. The standard InChI is InChI=1S/C25H31N3O2/c29-24(19-8-2-1-3-9-19)28-22-11-5-4-10-20(22)18-23(28)25(30)27-16-12-21(13-17-27)26-14-6-7-15-26/h1-3,6-9,14-15,20-23H,4-5,10-13,16-18H2. The predicted molar refractivity (Wildman–Crippen MR) is 116 cm³/mol. The molecule has 3 atom stereocenters. The van der Waals surface area contributed by atoms with Crippen LogP contribution in [0.4, 0.5) is 0 Å². The molecule has 5 heteroatoms. The Morgan fingerprint density at radius 3 is 2.27 bits per heavy atom. The van der Waals surface area contributed by atoms with E-state index in [0.717, 1.165) is 51.6 Å². The minimum absolute atomic E-state index is 0.0329. The summed E-state index contributed by atoms with van der Waals surface area (Å²) in [7, 11) is 0. The molecule has 0 radical (unpaired) electrons. The fourth-order valence-electron chi connectivity index (χ4n) is 5.89. The van der Waals surface area contributed by atoms with E-state index >= 15 is 0 Å². The molecular formula is C25H31N3O2. The second-order valence-corrected chi connectivity index (χ2v) is 9.13. The smallest absolute Gasteiger partial charge is 0.254 e. The van der Waals surface area contributed by atoms with Crippen molar-refractivity contribution in [2.75, 3.05) is 13.1 Å². The highest BCUT2D eigenvalue weighted by Gasteiger charge is 2.48. The van der Waals surface area contributed by atoms with Crippen molar-refractivity contribution in [2.45, 2.75) is 63.1 Å². The van der Waals surface area contributed by atoms with Gasteiger partial charge >= 0.3 is 0 Å². The van der Waals surface area contributed by atoms with Crippen molar-refractivity contribution in [1.29, 1.82) is 0 Å². The van der Waals surface area contributed by atoms with Crippen molar-refractivity contribution in [3.63, 3.8) is 0 Å². The van der Waals surface area contributed by atoms with Gasteiger partial charge in [0.15, 0.2) is 0 Å². The van der Waals surface area contributed by atoms with Gasteiger partial charge in [-0.05, 0) is 62.3 Å². The lowest BCUT2D eigenvalue weighted by Crippen LogP contribution is -2.52. The van der Waals surface area contributed by atoms with Gasteiger partial charge in [-0.3, -0.25) is 9.59 Å². The van der Waals surface area contributed by atoms with Crippen LogP contribution in [0, 0.1) is 5.92 Å². The normalized spacial score (nSPS) is 27.1. The number of benzene rings is 1. The summed E-state index contributed by atoms with van der Waals surface area (Å²) in [5.41, 5.74) is 0.702. The zero-order valence-corrected chi connectivity index (χ0v) is 17.5. The van der Waals surface area contributed by atoms with Crippen LogP contribution in [0.5, 0.6) is 0 Å². The van der Waals surface area contributed by atoms with Gasteiger partial charge in [0, 0.05) is 43.1 Å². The molecule has 1 saturated carbocycles. The fraction of sp³-hybridized carbons (Fsp3) is 0.520. The number of amides is 2. The van der Waals surface area contributed by atoms with E-state index in [2.05, 4.69) is 29.1 Å². The number of carbonyl (C=O) groups is 2. The van der Waals surface area contributed by atoms with Crippen molar-refractivity contribution in [3.05, 3.63) is 60.4 Å². The lowest BCUT2D eigenvalue weighted by Gasteiger charge is -2.38. The van der Waals surface area contributed by atoms with Crippen LogP contribution in [-0.4, -0.2) is 51.4 Å². The molecule has 0 N–H and O–H groups in total. The summed E-state index contributed by atoms with van der Waals surface area (Å²) in [5, 5.41) is 0. The fourth-order valence-corrected chi connectivity index (χ4v) is 5.89. The van der Waals surface area contributed by atoms with Gasteiger partial charge in [0.05, 0.1) is 0 Å². The van der Waals surface area contributed by atoms with Crippen LogP contribution in [0.1, 0.15) is 61.3 Å². The minimum Gasteiger partial charge on any atom is -0.351 e. The first-order chi connectivity index (χ1) is 14.7. The van der Waals surface area contributed by atoms with Gasteiger partial charge < -0.3 is 14.4 Å². The molecule has 2 aromatic rings. The van der Waals surface area contributed by atoms with Gasteiger partial charge in [0.1, 0.15) is 6.04 Å². The molecule has 3 fully saturated rings. The van der Waals surface area contributed by atoms with Crippen molar-refractivity contribution >= 4 is 11.8 Å². The summed E-state index contributed by atoms with van der Waals surface area (Å²) < 4.78 is 2.26. The monoisotopic (exact) mass is 405 g/mol. The molecule has 5 nitrogen and oxygen atoms in total. The highest BCUT2D eigenvalue weighted by Crippen LogP contribution is 2.41. The van der Waals surface area contributed by atoms with Crippen LogP contribution in [-0.2, 0) is 4.79 Å². The number of hydrogen-bond donors (Lipinski definition) is 0. The molecule has 3 unspecified atom stereocenters. The third-order valence-electron chi connectivity index (χ3n) is 7.45. The zero-order valence-electron chi connectivity index (χ0n) is 17.5. The Kier molecular flexibility index (Phi) is 5.36. The molecule has 1 aromatic carbocycles. The molecular weight excluding hydrogens is 374 g/mol. The molecule has 1 aliphatic carbocycles. The SMILES string of the molecule is O=C(C1CC2CCCCC2N1C(=O)c1ccccc1)N1CCC(n2cccc2)CC1. The van der Waals surface area contributed by atoms with E-state index in [4.69, 9.17) is 0 Å². The minimum atomic E-state index is -0.297. The summed E-state index contributed by atoms with van der Waals surface area (Å²) >= 11 is 0. The van der Waals surface area contributed by atoms with Crippen LogP contribution in [0.15, 0.2) is 54.9 Å². The lowest BCUT2D eigenvalue weighted by molar-refractivity contribution is -0.137. The first-order valence-electron chi connectivity index (χ1n) is 11.5. The number of aromatic nitrogens is 1. The Bertz CT molecular complexity index is 871. The summed E-state index contributed by atoms with van der Waals surface area (Å²) in [4.78, 5) is 31.1. The molecule has 2 saturated heterocycles. The highest BCUT2D eigenvalue weighted by molar-refractivity contribution is 5.98. The van der Waals surface area contributed by atoms with E-state index in [0.29, 0.717) is 17.5 Å². The Balaban J connectivity index is 1.33. The second kappa shape index (κ2) is 8.29. The number of piperidine rings is 1. The molecule has 0 bridgehead atoms. The maximum atomic E-state index is 13.6. The van der Waals surface area contributed by atoms with Crippen LogP contribution in [0.2, 0.25) is 0 Å². The van der Waals surface area contributed by atoms with E-state index in [1.807, 2.05) is 40.1 Å². The number of nitrogens with zero attached hydrogens (tertiary/aromatic N) is 3. The largest absolute Gasteiger partial charge is 0.351 e. The van der Waals surface area contributed by atoms with Gasteiger partial charge in [0.2, 0.25) is 5.91 Å². The van der Waals surface area contributed by atoms with E-state index < -0.39 is 0 Å². The highest BCUT2D eigenvalue weighted by atomic mass is 16.2. The van der Waals surface area contributed by atoms with Gasteiger partial charge in [0.25, 0.3) is 5.91 Å². The third-order valence-corrected chi connectivity index (χ3v) is 7.45. The third kappa shape index (κ3) is 3.55. The topological polar surface area (TPSA) is 45.6 Å². The van der Waals surface area contributed by atoms with Gasteiger partial charge in [-0.2, -0.15) is 0 Å². The first kappa shape index (κ1) is 19.4. The van der Waals surface area contributed by atoms with Crippen molar-refractivity contribution in [1.82, 2.24) is 14.4 Å². The molecule has 30 heavy (non-hydrogen) atoms. The van der Waals surface area contributed by atoms with Crippen LogP contribution in [0.25, 0.3) is 0 Å². The Hall–Kier alpha value is -2.56. The molecule has 5 rings (SSSR count). The number of fused-ring (bicyclic) bond motifs is 1. The molecule has 158 valence electrons. The molecule has 1 aromatic heterocycles. The second-order valence-electron chi connectivity index (χ2n) is 9.13. The Morgan fingerprint density at radius 2 is 1.53 bits per heavy atom. The average molecular weight is 406 g/mol. The summed E-state index contributed by atoms with van der Waals surface area (Å²) in [5.74, 6) is 0.669. The maximum Gasteiger partial charge on any atom is 0.254 e. The van der Waals surface area contributed by atoms with E-state index in [9.17, 15) is 9.59 Å². The summed E-state index contributed by atoms with van der Waals surface area (Å²) in [6.07, 6.45) is 11.6. The quantitative estimate of drug-likeness (QED) is 0.771. The zero-order chi connectivity index (χ0) is 20.5. The number of carbonyl (C=O) groups excluding carboxylic acids is 2. The van der Waals surface area contributed by atoms with Crippen molar-refractivity contribution in [3.8, 4) is 0 Å². The van der Waals surface area contributed by atoms with Gasteiger partial charge in [-0.15, -0.1) is 0 Å². The van der Waals surface area contributed by atoms with Gasteiger partial charge in [-0.25, -0.2) is 0 Å². The van der Waals surface area contributed by atoms with E-state index in [1.54, 1.807) is 0 Å². The lowest BCUT2D eigenvalue weighted by atomic mass is 9.84. The molecule has 2 aliphatic heterocycles. The van der Waals surface area contributed by atoms with Crippen molar-refractivity contribution in [2.24, 2.45) is 5.92 Å². The molecule has 2 amide bonds. The average Bonchev–Trinajstić information content (AvgIpc) is 3.47. The number of rotatable bonds is 3. The van der Waals surface area contributed by atoms with Crippen LogP contribution in [0.3, 0.4) is 0 Å². The van der Waals surface area contributed by atoms with Gasteiger partial charge in [-0.1, -0.05) is 31.0 Å². The molecule has 0 spiro atoms. The van der Waals surface area contributed by atoms with Crippen LogP contribution >= 0.6 is 0 Å². The summed E-state index contributed by atoms with van der Waals surface area (Å²) in [6, 6.07) is 14.0.